The van der Waals surface area contributed by atoms with E-state index in [2.05, 4.69) is 20.4 Å². The summed E-state index contributed by atoms with van der Waals surface area (Å²) in [4.78, 5) is 30.1. The smallest absolute Gasteiger partial charge is 0.412 e. The lowest BCUT2D eigenvalue weighted by atomic mass is 10.1. The molecule has 0 radical (unpaired) electrons. The number of anilines is 2. The fourth-order valence-electron chi connectivity index (χ4n) is 4.12. The summed E-state index contributed by atoms with van der Waals surface area (Å²) in [5.74, 6) is 0.726. The van der Waals surface area contributed by atoms with Crippen LogP contribution in [0.3, 0.4) is 0 Å². The summed E-state index contributed by atoms with van der Waals surface area (Å²) in [6.45, 7) is 12.1. The lowest BCUT2D eigenvalue weighted by molar-refractivity contribution is 0.0635. The highest BCUT2D eigenvalue weighted by Crippen LogP contribution is 2.30. The van der Waals surface area contributed by atoms with Crippen molar-refractivity contribution in [3.63, 3.8) is 0 Å². The maximum Gasteiger partial charge on any atom is 0.412 e. The van der Waals surface area contributed by atoms with Crippen LogP contribution in [0.25, 0.3) is 0 Å². The van der Waals surface area contributed by atoms with Gasteiger partial charge in [0.25, 0.3) is 5.91 Å². The number of carbonyl (C=O) groups excluding carboxylic acids is 2. The Morgan fingerprint density at radius 2 is 1.47 bits per heavy atom. The van der Waals surface area contributed by atoms with E-state index in [-0.39, 0.29) is 5.91 Å². The third-order valence-corrected chi connectivity index (χ3v) is 6.11. The Labute approximate surface area is 202 Å². The molecule has 2 N–H and O–H groups in total. The van der Waals surface area contributed by atoms with E-state index in [1.54, 1.807) is 39.0 Å². The van der Waals surface area contributed by atoms with Crippen LogP contribution in [0.15, 0.2) is 48.5 Å². The van der Waals surface area contributed by atoms with Gasteiger partial charge >= 0.3 is 6.09 Å². The molecule has 0 aromatic heterocycles. The van der Waals surface area contributed by atoms with Crippen LogP contribution in [-0.2, 0) is 11.3 Å². The second kappa shape index (κ2) is 10.6. The lowest BCUT2D eigenvalue weighted by Gasteiger charge is -2.34. The summed E-state index contributed by atoms with van der Waals surface area (Å²) in [5, 5.41) is 5.61. The number of hydrogen-bond donors (Lipinski definition) is 2. The molecular weight excluding hydrogens is 428 g/mol. The molecule has 2 aliphatic rings. The van der Waals surface area contributed by atoms with Crippen LogP contribution >= 0.6 is 0 Å². The van der Waals surface area contributed by atoms with Crippen LogP contribution in [0.4, 0.5) is 16.2 Å². The van der Waals surface area contributed by atoms with Gasteiger partial charge in [0.05, 0.1) is 11.4 Å². The molecular formula is C27H36N4O3. The third kappa shape index (κ3) is 7.30. The number of nitrogens with one attached hydrogen (secondary N) is 2. The zero-order valence-corrected chi connectivity index (χ0v) is 20.5. The Morgan fingerprint density at radius 1 is 0.882 bits per heavy atom. The van der Waals surface area contributed by atoms with Crippen LogP contribution in [0.2, 0.25) is 0 Å². The van der Waals surface area contributed by atoms with Crippen LogP contribution in [0.5, 0.6) is 0 Å². The maximum absolute atomic E-state index is 12.8. The van der Waals surface area contributed by atoms with Gasteiger partial charge in [0.1, 0.15) is 5.60 Å². The molecule has 7 heteroatoms. The molecule has 0 atom stereocenters. The van der Waals surface area contributed by atoms with Gasteiger partial charge < -0.3 is 15.0 Å². The van der Waals surface area contributed by atoms with Crippen molar-refractivity contribution in [1.29, 1.82) is 0 Å². The first-order valence-corrected chi connectivity index (χ1v) is 12.2. The molecule has 1 aliphatic carbocycles. The SMILES string of the molecule is CC(C)(C)OC(=O)Nc1ccccc1NC(=O)c1ccc(CN2CCN(CC3CC3)CC2)cc1. The number of ether oxygens (including phenoxy) is 1. The lowest BCUT2D eigenvalue weighted by Crippen LogP contribution is -2.46. The first-order chi connectivity index (χ1) is 16.2. The number of amides is 2. The van der Waals surface area contributed by atoms with E-state index in [9.17, 15) is 9.59 Å². The summed E-state index contributed by atoms with van der Waals surface area (Å²) < 4.78 is 5.32. The predicted molar refractivity (Wildman–Crippen MR) is 135 cm³/mol. The van der Waals surface area contributed by atoms with Crippen molar-refractivity contribution in [3.05, 3.63) is 59.7 Å². The zero-order valence-electron chi connectivity index (χ0n) is 20.5. The average Bonchev–Trinajstić information content (AvgIpc) is 3.60. The van der Waals surface area contributed by atoms with Gasteiger partial charge in [-0.25, -0.2) is 4.79 Å². The van der Waals surface area contributed by atoms with Crippen LogP contribution < -0.4 is 10.6 Å². The van der Waals surface area contributed by atoms with Gasteiger partial charge in [0.2, 0.25) is 0 Å². The number of carbonyl (C=O) groups is 2. The molecule has 4 rings (SSSR count). The monoisotopic (exact) mass is 464 g/mol. The topological polar surface area (TPSA) is 73.9 Å². The van der Waals surface area contributed by atoms with Crippen molar-refractivity contribution < 1.29 is 14.3 Å². The fraction of sp³-hybridized carbons (Fsp3) is 0.481. The van der Waals surface area contributed by atoms with Crippen molar-refractivity contribution >= 4 is 23.4 Å². The molecule has 2 aromatic rings. The second-order valence-electron chi connectivity index (χ2n) is 10.3. The van der Waals surface area contributed by atoms with Crippen molar-refractivity contribution in [1.82, 2.24) is 9.80 Å². The zero-order chi connectivity index (χ0) is 24.1. The predicted octanol–water partition coefficient (Wildman–Crippen LogP) is 4.81. The first-order valence-electron chi connectivity index (χ1n) is 12.2. The van der Waals surface area contributed by atoms with E-state index in [1.165, 1.54) is 24.9 Å². The number of para-hydroxylation sites is 2. The van der Waals surface area contributed by atoms with Crippen LogP contribution in [0.1, 0.15) is 49.5 Å². The Kier molecular flexibility index (Phi) is 7.54. The van der Waals surface area contributed by atoms with Gasteiger partial charge in [0, 0.05) is 44.8 Å². The molecule has 2 fully saturated rings. The van der Waals surface area contributed by atoms with Gasteiger partial charge in [-0.15, -0.1) is 0 Å². The van der Waals surface area contributed by atoms with Crippen LogP contribution in [0, 0.1) is 5.92 Å². The average molecular weight is 465 g/mol. The summed E-state index contributed by atoms with van der Waals surface area (Å²) in [6.07, 6.45) is 2.25. The summed E-state index contributed by atoms with van der Waals surface area (Å²) in [5.41, 5.74) is 2.19. The number of piperazine rings is 1. The maximum atomic E-state index is 12.8. The van der Waals surface area contributed by atoms with E-state index >= 15 is 0 Å². The fourth-order valence-corrected chi connectivity index (χ4v) is 4.12. The minimum atomic E-state index is -0.603. The van der Waals surface area contributed by atoms with Crippen molar-refractivity contribution in [3.8, 4) is 0 Å². The standard InChI is InChI=1S/C27H36N4O3/c1-27(2,3)34-26(33)29-24-7-5-4-6-23(24)28-25(32)22-12-10-21(11-13-22)19-31-16-14-30(15-17-31)18-20-8-9-20/h4-7,10-13,20H,8-9,14-19H2,1-3H3,(H,28,32)(H,29,33). The summed E-state index contributed by atoms with van der Waals surface area (Å²) >= 11 is 0. The Bertz CT molecular complexity index is 988. The molecule has 1 aliphatic heterocycles. The summed E-state index contributed by atoms with van der Waals surface area (Å²) in [7, 11) is 0. The molecule has 0 spiro atoms. The Balaban J connectivity index is 1.30. The van der Waals surface area contributed by atoms with Crippen molar-refractivity contribution in [2.24, 2.45) is 5.92 Å². The molecule has 1 heterocycles. The minimum absolute atomic E-state index is 0.223. The van der Waals surface area contributed by atoms with E-state index in [1.807, 2.05) is 30.3 Å². The number of hydrogen-bond acceptors (Lipinski definition) is 5. The van der Waals surface area contributed by atoms with Gasteiger partial charge in [-0.1, -0.05) is 24.3 Å². The molecule has 0 bridgehead atoms. The second-order valence-corrected chi connectivity index (χ2v) is 10.3. The number of benzene rings is 2. The molecule has 182 valence electrons. The Morgan fingerprint density at radius 3 is 2.06 bits per heavy atom. The van der Waals surface area contributed by atoms with Gasteiger partial charge in [-0.2, -0.15) is 0 Å². The normalized spacial score (nSPS) is 17.3. The molecule has 2 amide bonds. The quantitative estimate of drug-likeness (QED) is 0.615. The molecule has 0 unspecified atom stereocenters. The molecule has 1 saturated carbocycles. The molecule has 2 aromatic carbocycles. The van der Waals surface area contributed by atoms with E-state index in [0.717, 1.165) is 38.6 Å². The third-order valence-electron chi connectivity index (χ3n) is 6.11. The first kappa shape index (κ1) is 24.2. The highest BCUT2D eigenvalue weighted by molar-refractivity contribution is 6.06. The van der Waals surface area contributed by atoms with E-state index < -0.39 is 11.7 Å². The van der Waals surface area contributed by atoms with Gasteiger partial charge in [-0.05, 0) is 69.4 Å². The van der Waals surface area contributed by atoms with Gasteiger partial charge in [0.15, 0.2) is 0 Å². The van der Waals surface area contributed by atoms with E-state index in [0.29, 0.717) is 16.9 Å². The number of nitrogens with zero attached hydrogens (tertiary/aromatic N) is 2. The highest BCUT2D eigenvalue weighted by atomic mass is 16.6. The molecule has 1 saturated heterocycles. The van der Waals surface area contributed by atoms with Gasteiger partial charge in [-0.3, -0.25) is 15.0 Å². The Hall–Kier alpha value is -2.90. The van der Waals surface area contributed by atoms with Crippen LogP contribution in [-0.4, -0.2) is 60.1 Å². The van der Waals surface area contributed by atoms with E-state index in [4.69, 9.17) is 4.74 Å². The minimum Gasteiger partial charge on any atom is -0.444 e. The number of rotatable bonds is 7. The summed E-state index contributed by atoms with van der Waals surface area (Å²) in [6, 6.07) is 14.9. The largest absolute Gasteiger partial charge is 0.444 e. The molecule has 7 nitrogen and oxygen atoms in total. The van der Waals surface area contributed by atoms with Crippen molar-refractivity contribution in [2.75, 3.05) is 43.4 Å². The van der Waals surface area contributed by atoms with Crippen molar-refractivity contribution in [2.45, 2.75) is 45.8 Å². The molecule has 34 heavy (non-hydrogen) atoms. The highest BCUT2D eigenvalue weighted by Gasteiger charge is 2.26.